The molecule has 0 fully saturated rings. The molecular formula is C19H16N4O2S. The average Bonchev–Trinajstić information content (AvgIpc) is 3.07. The SMILES string of the molecule is Cc1ccc(S(=O)(=O)n2ccc3c(-c4cccc(N)c4)ncnc32)cc1. The second-order valence-corrected chi connectivity index (χ2v) is 7.83. The van der Waals surface area contributed by atoms with E-state index in [9.17, 15) is 8.42 Å². The highest BCUT2D eigenvalue weighted by Gasteiger charge is 2.21. The molecule has 6 nitrogen and oxygen atoms in total. The highest BCUT2D eigenvalue weighted by Crippen LogP contribution is 2.29. The van der Waals surface area contributed by atoms with E-state index < -0.39 is 10.0 Å². The molecule has 0 aliphatic heterocycles. The molecule has 0 bridgehead atoms. The smallest absolute Gasteiger partial charge is 0.269 e. The number of hydrogen-bond acceptors (Lipinski definition) is 5. The molecule has 2 N–H and O–H groups in total. The van der Waals surface area contributed by atoms with Gasteiger partial charge in [0.15, 0.2) is 5.65 Å². The standard InChI is InChI=1S/C19H16N4O2S/c1-13-5-7-16(8-6-13)26(24,25)23-10-9-17-18(21-12-22-19(17)23)14-3-2-4-15(20)11-14/h2-12H,20H2,1H3. The van der Waals surface area contributed by atoms with Crippen molar-refractivity contribution in [2.75, 3.05) is 5.73 Å². The van der Waals surface area contributed by atoms with Gasteiger partial charge in [0.05, 0.1) is 10.6 Å². The monoisotopic (exact) mass is 364 g/mol. The lowest BCUT2D eigenvalue weighted by Crippen LogP contribution is -2.12. The topological polar surface area (TPSA) is 90.9 Å². The molecule has 0 amide bonds. The molecule has 0 radical (unpaired) electrons. The summed E-state index contributed by atoms with van der Waals surface area (Å²) in [4.78, 5) is 8.74. The third-order valence-electron chi connectivity index (χ3n) is 4.19. The van der Waals surface area contributed by atoms with E-state index >= 15 is 0 Å². The molecule has 0 saturated heterocycles. The summed E-state index contributed by atoms with van der Waals surface area (Å²) < 4.78 is 27.2. The number of benzene rings is 2. The van der Waals surface area contributed by atoms with Crippen LogP contribution in [0.4, 0.5) is 5.69 Å². The number of fused-ring (bicyclic) bond motifs is 1. The van der Waals surface area contributed by atoms with Gasteiger partial charge in [-0.05, 0) is 37.3 Å². The van der Waals surface area contributed by atoms with Gasteiger partial charge in [-0.3, -0.25) is 0 Å². The van der Waals surface area contributed by atoms with E-state index in [0.29, 0.717) is 22.4 Å². The molecule has 26 heavy (non-hydrogen) atoms. The predicted octanol–water partition coefficient (Wildman–Crippen LogP) is 3.23. The molecule has 0 aliphatic carbocycles. The second-order valence-electron chi connectivity index (χ2n) is 6.01. The first-order valence-electron chi connectivity index (χ1n) is 7.97. The molecule has 0 aliphatic rings. The lowest BCUT2D eigenvalue weighted by molar-refractivity contribution is 0.588. The van der Waals surface area contributed by atoms with Crippen molar-refractivity contribution in [1.29, 1.82) is 0 Å². The Kier molecular flexibility index (Phi) is 3.73. The highest BCUT2D eigenvalue weighted by molar-refractivity contribution is 7.90. The van der Waals surface area contributed by atoms with E-state index in [-0.39, 0.29) is 4.90 Å². The maximum absolute atomic E-state index is 13.0. The van der Waals surface area contributed by atoms with Crippen molar-refractivity contribution in [3.05, 3.63) is 72.7 Å². The zero-order chi connectivity index (χ0) is 18.3. The van der Waals surface area contributed by atoms with Gasteiger partial charge in [0.2, 0.25) is 0 Å². The molecular weight excluding hydrogens is 348 g/mol. The summed E-state index contributed by atoms with van der Waals surface area (Å²) in [6, 6.07) is 15.7. The maximum atomic E-state index is 13.0. The minimum atomic E-state index is -3.74. The first-order chi connectivity index (χ1) is 12.5. The number of nitrogens with zero attached hydrogens (tertiary/aromatic N) is 3. The third-order valence-corrected chi connectivity index (χ3v) is 5.87. The van der Waals surface area contributed by atoms with E-state index in [0.717, 1.165) is 11.1 Å². The number of hydrogen-bond donors (Lipinski definition) is 1. The summed E-state index contributed by atoms with van der Waals surface area (Å²) in [6.45, 7) is 1.91. The highest BCUT2D eigenvalue weighted by atomic mass is 32.2. The van der Waals surface area contributed by atoms with Crippen molar-refractivity contribution < 1.29 is 8.42 Å². The first-order valence-corrected chi connectivity index (χ1v) is 9.41. The number of rotatable bonds is 3. The predicted molar refractivity (Wildman–Crippen MR) is 101 cm³/mol. The van der Waals surface area contributed by atoms with Crippen LogP contribution < -0.4 is 5.73 Å². The first kappa shape index (κ1) is 16.3. The van der Waals surface area contributed by atoms with E-state index in [1.54, 1.807) is 42.5 Å². The molecule has 4 aromatic rings. The largest absolute Gasteiger partial charge is 0.399 e. The van der Waals surface area contributed by atoms with E-state index in [2.05, 4.69) is 9.97 Å². The van der Waals surface area contributed by atoms with Crippen LogP contribution in [0.15, 0.2) is 72.0 Å². The Bertz CT molecular complexity index is 1210. The van der Waals surface area contributed by atoms with Crippen molar-refractivity contribution in [2.24, 2.45) is 0 Å². The van der Waals surface area contributed by atoms with Crippen LogP contribution in [0.3, 0.4) is 0 Å². The minimum absolute atomic E-state index is 0.213. The van der Waals surface area contributed by atoms with Crippen LogP contribution in [0.1, 0.15) is 5.56 Å². The van der Waals surface area contributed by atoms with Gasteiger partial charge in [-0.1, -0.05) is 29.8 Å². The van der Waals surface area contributed by atoms with Gasteiger partial charge >= 0.3 is 0 Å². The summed E-state index contributed by atoms with van der Waals surface area (Å²) >= 11 is 0. The fraction of sp³-hybridized carbons (Fsp3) is 0.0526. The molecule has 2 aromatic carbocycles. The number of aromatic nitrogens is 3. The summed E-state index contributed by atoms with van der Waals surface area (Å²) in [5, 5.41) is 0.647. The van der Waals surface area contributed by atoms with Crippen molar-refractivity contribution in [3.63, 3.8) is 0 Å². The third kappa shape index (κ3) is 2.62. The van der Waals surface area contributed by atoms with Gasteiger partial charge in [0, 0.05) is 22.8 Å². The molecule has 0 atom stereocenters. The Morgan fingerprint density at radius 1 is 1.00 bits per heavy atom. The van der Waals surface area contributed by atoms with Crippen molar-refractivity contribution >= 4 is 26.7 Å². The van der Waals surface area contributed by atoms with Crippen molar-refractivity contribution in [2.45, 2.75) is 11.8 Å². The molecule has 130 valence electrons. The van der Waals surface area contributed by atoms with Crippen LogP contribution in [-0.4, -0.2) is 22.4 Å². The quantitative estimate of drug-likeness (QED) is 0.564. The zero-order valence-corrected chi connectivity index (χ0v) is 14.8. The summed E-state index contributed by atoms with van der Waals surface area (Å²) in [6.07, 6.45) is 2.87. The number of nitrogen functional groups attached to an aromatic ring is 1. The molecule has 0 spiro atoms. The lowest BCUT2D eigenvalue weighted by atomic mass is 10.1. The van der Waals surface area contributed by atoms with Crippen LogP contribution in [0.5, 0.6) is 0 Å². The van der Waals surface area contributed by atoms with Crippen molar-refractivity contribution in [1.82, 2.24) is 13.9 Å². The van der Waals surface area contributed by atoms with Crippen LogP contribution in [0.25, 0.3) is 22.3 Å². The normalized spacial score (nSPS) is 11.7. The van der Waals surface area contributed by atoms with Gasteiger partial charge < -0.3 is 5.73 Å². The molecule has 7 heteroatoms. The molecule has 4 rings (SSSR count). The van der Waals surface area contributed by atoms with E-state index in [1.165, 1.54) is 16.5 Å². The molecule has 2 heterocycles. The van der Waals surface area contributed by atoms with Crippen LogP contribution in [0.2, 0.25) is 0 Å². The van der Waals surface area contributed by atoms with Gasteiger partial charge in [-0.15, -0.1) is 0 Å². The maximum Gasteiger partial charge on any atom is 0.269 e. The summed E-state index contributed by atoms with van der Waals surface area (Å²) in [5.41, 5.74) is 9.24. The van der Waals surface area contributed by atoms with E-state index in [1.807, 2.05) is 19.1 Å². The Morgan fingerprint density at radius 3 is 2.50 bits per heavy atom. The van der Waals surface area contributed by atoms with Gasteiger partial charge in [0.25, 0.3) is 10.0 Å². The number of anilines is 1. The minimum Gasteiger partial charge on any atom is -0.399 e. The zero-order valence-electron chi connectivity index (χ0n) is 14.0. The number of nitrogens with two attached hydrogens (primary N) is 1. The fourth-order valence-electron chi connectivity index (χ4n) is 2.86. The molecule has 0 saturated carbocycles. The Hall–Kier alpha value is -3.19. The van der Waals surface area contributed by atoms with Crippen LogP contribution in [0, 0.1) is 6.92 Å². The molecule has 2 aromatic heterocycles. The van der Waals surface area contributed by atoms with E-state index in [4.69, 9.17) is 5.73 Å². The van der Waals surface area contributed by atoms with Crippen LogP contribution in [-0.2, 0) is 10.0 Å². The lowest BCUT2D eigenvalue weighted by Gasteiger charge is -2.08. The average molecular weight is 364 g/mol. The Morgan fingerprint density at radius 2 is 1.77 bits per heavy atom. The Labute approximate surface area is 151 Å². The summed E-state index contributed by atoms with van der Waals surface area (Å²) in [5.74, 6) is 0. The van der Waals surface area contributed by atoms with Crippen LogP contribution >= 0.6 is 0 Å². The Balaban J connectivity index is 1.91. The van der Waals surface area contributed by atoms with Crippen molar-refractivity contribution in [3.8, 4) is 11.3 Å². The second kappa shape index (κ2) is 5.96. The molecule has 0 unspecified atom stereocenters. The van der Waals surface area contributed by atoms with Gasteiger partial charge in [0.1, 0.15) is 6.33 Å². The van der Waals surface area contributed by atoms with Gasteiger partial charge in [-0.2, -0.15) is 0 Å². The fourth-order valence-corrected chi connectivity index (χ4v) is 4.16. The number of aryl methyl sites for hydroxylation is 1. The summed E-state index contributed by atoms with van der Waals surface area (Å²) in [7, 11) is -3.74. The van der Waals surface area contributed by atoms with Gasteiger partial charge in [-0.25, -0.2) is 22.4 Å².